The average Bonchev–Trinajstić information content (AvgIpc) is 3.02. The van der Waals surface area contributed by atoms with Crippen LogP contribution in [0.2, 0.25) is 0 Å². The van der Waals surface area contributed by atoms with Gasteiger partial charge in [0.15, 0.2) is 0 Å². The summed E-state index contributed by atoms with van der Waals surface area (Å²) in [7, 11) is 3.99. The number of benzene rings is 1. The van der Waals surface area contributed by atoms with Crippen LogP contribution in [0.4, 0.5) is 4.39 Å². The van der Waals surface area contributed by atoms with Crippen molar-refractivity contribution < 1.29 is 4.39 Å². The summed E-state index contributed by atoms with van der Waals surface area (Å²) in [5.74, 6) is 0.286. The molecule has 6 heteroatoms. The molecule has 0 spiro atoms. The molecular formula is C18H22FN3OS. The van der Waals surface area contributed by atoms with E-state index in [1.165, 1.54) is 23.4 Å². The van der Waals surface area contributed by atoms with Gasteiger partial charge >= 0.3 is 5.69 Å². The molecule has 0 N–H and O–H groups in total. The summed E-state index contributed by atoms with van der Waals surface area (Å²) < 4.78 is 15.6. The quantitative estimate of drug-likeness (QED) is 0.595. The van der Waals surface area contributed by atoms with Gasteiger partial charge in [-0.05, 0) is 45.0 Å². The summed E-state index contributed by atoms with van der Waals surface area (Å²) in [6, 6.07) is 6.76. The molecule has 3 rings (SSSR count). The third-order valence-corrected chi connectivity index (χ3v) is 5.36. The molecule has 0 atom stereocenters. The van der Waals surface area contributed by atoms with Crippen molar-refractivity contribution in [3.8, 4) is 0 Å². The molecule has 0 bridgehead atoms. The van der Waals surface area contributed by atoms with Crippen molar-refractivity contribution in [2.24, 2.45) is 0 Å². The summed E-state index contributed by atoms with van der Waals surface area (Å²) in [6.45, 7) is 1.48. The largest absolute Gasteiger partial charge is 0.348 e. The van der Waals surface area contributed by atoms with E-state index in [1.54, 1.807) is 12.1 Å². The highest BCUT2D eigenvalue weighted by atomic mass is 32.2. The first-order valence-corrected chi connectivity index (χ1v) is 9.18. The van der Waals surface area contributed by atoms with E-state index in [0.29, 0.717) is 17.9 Å². The molecule has 1 heterocycles. The van der Waals surface area contributed by atoms with Gasteiger partial charge < -0.3 is 4.90 Å². The fourth-order valence-electron chi connectivity index (χ4n) is 3.00. The molecule has 4 nitrogen and oxygen atoms in total. The predicted molar refractivity (Wildman–Crippen MR) is 95.0 cm³/mol. The van der Waals surface area contributed by atoms with Crippen LogP contribution >= 0.6 is 11.8 Å². The monoisotopic (exact) mass is 347 g/mol. The first kappa shape index (κ1) is 17.2. The molecule has 1 aromatic heterocycles. The number of hydrogen-bond acceptors (Lipinski definition) is 4. The fourth-order valence-corrected chi connectivity index (χ4v) is 4.06. The molecule has 0 unspecified atom stereocenters. The summed E-state index contributed by atoms with van der Waals surface area (Å²) in [6.07, 6.45) is 2.92. The number of fused-ring (bicyclic) bond motifs is 1. The van der Waals surface area contributed by atoms with Gasteiger partial charge in [0.05, 0.1) is 0 Å². The lowest BCUT2D eigenvalue weighted by atomic mass is 10.2. The van der Waals surface area contributed by atoms with Crippen molar-refractivity contribution in [1.29, 1.82) is 0 Å². The minimum atomic E-state index is -0.207. The predicted octanol–water partition coefficient (Wildman–Crippen LogP) is 2.73. The number of halogens is 1. The van der Waals surface area contributed by atoms with Crippen LogP contribution in [0, 0.1) is 5.82 Å². The maximum Gasteiger partial charge on any atom is 0.348 e. The Morgan fingerprint density at radius 1 is 1.29 bits per heavy atom. The Kier molecular flexibility index (Phi) is 5.36. The van der Waals surface area contributed by atoms with Gasteiger partial charge in [0.1, 0.15) is 10.8 Å². The van der Waals surface area contributed by atoms with Gasteiger partial charge in [0, 0.05) is 30.1 Å². The summed E-state index contributed by atoms with van der Waals surface area (Å²) in [4.78, 5) is 18.8. The zero-order chi connectivity index (χ0) is 17.1. The fraction of sp³-hybridized carbons (Fsp3) is 0.444. The van der Waals surface area contributed by atoms with Gasteiger partial charge in [-0.3, -0.25) is 4.57 Å². The van der Waals surface area contributed by atoms with Crippen LogP contribution in [0.3, 0.4) is 0 Å². The van der Waals surface area contributed by atoms with Crippen molar-refractivity contribution in [2.75, 3.05) is 20.6 Å². The van der Waals surface area contributed by atoms with E-state index in [2.05, 4.69) is 9.88 Å². The van der Waals surface area contributed by atoms with Gasteiger partial charge in [-0.2, -0.15) is 4.98 Å². The highest BCUT2D eigenvalue weighted by Crippen LogP contribution is 2.31. The van der Waals surface area contributed by atoms with Crippen molar-refractivity contribution in [1.82, 2.24) is 14.5 Å². The molecule has 0 aliphatic heterocycles. The van der Waals surface area contributed by atoms with E-state index in [1.807, 2.05) is 24.7 Å². The molecule has 0 fully saturated rings. The summed E-state index contributed by atoms with van der Waals surface area (Å²) in [5.41, 5.74) is 2.75. The lowest BCUT2D eigenvalue weighted by Crippen LogP contribution is -2.31. The van der Waals surface area contributed by atoms with Gasteiger partial charge in [-0.15, -0.1) is 11.8 Å². The molecular weight excluding hydrogens is 325 g/mol. The third kappa shape index (κ3) is 3.70. The van der Waals surface area contributed by atoms with Crippen molar-refractivity contribution in [3.63, 3.8) is 0 Å². The molecule has 24 heavy (non-hydrogen) atoms. The Labute approximate surface area is 145 Å². The normalized spacial score (nSPS) is 13.5. The molecule has 2 aromatic rings. The number of rotatable bonds is 6. The van der Waals surface area contributed by atoms with Crippen LogP contribution in [-0.2, 0) is 25.1 Å². The molecule has 0 saturated carbocycles. The van der Waals surface area contributed by atoms with Crippen LogP contribution < -0.4 is 5.69 Å². The van der Waals surface area contributed by atoms with Crippen LogP contribution in [0.1, 0.15) is 23.2 Å². The van der Waals surface area contributed by atoms with E-state index in [-0.39, 0.29) is 11.5 Å². The topological polar surface area (TPSA) is 38.1 Å². The maximum atomic E-state index is 13.8. The van der Waals surface area contributed by atoms with Crippen molar-refractivity contribution >= 4 is 11.8 Å². The second-order valence-corrected chi connectivity index (χ2v) is 7.28. The third-order valence-electron chi connectivity index (χ3n) is 4.29. The highest BCUT2D eigenvalue weighted by Gasteiger charge is 2.22. The van der Waals surface area contributed by atoms with Crippen LogP contribution in [0.5, 0.6) is 0 Å². The van der Waals surface area contributed by atoms with Crippen LogP contribution in [-0.4, -0.2) is 35.1 Å². The summed E-state index contributed by atoms with van der Waals surface area (Å²) in [5, 5.41) is 0.775. The number of nitrogens with zero attached hydrogens (tertiary/aromatic N) is 3. The molecule has 1 aliphatic rings. The lowest BCUT2D eigenvalue weighted by molar-refractivity contribution is 0.375. The van der Waals surface area contributed by atoms with Gasteiger partial charge in [-0.1, -0.05) is 18.2 Å². The smallest absolute Gasteiger partial charge is 0.308 e. The van der Waals surface area contributed by atoms with Gasteiger partial charge in [-0.25, -0.2) is 9.18 Å². The molecule has 0 saturated heterocycles. The van der Waals surface area contributed by atoms with Crippen molar-refractivity contribution in [3.05, 3.63) is 57.4 Å². The first-order valence-electron chi connectivity index (χ1n) is 8.20. The van der Waals surface area contributed by atoms with Crippen molar-refractivity contribution in [2.45, 2.75) is 36.6 Å². The van der Waals surface area contributed by atoms with Gasteiger partial charge in [0.2, 0.25) is 0 Å². The molecule has 1 aromatic carbocycles. The van der Waals surface area contributed by atoms with E-state index in [4.69, 9.17) is 0 Å². The number of likely N-dealkylation sites (N-methyl/N-ethyl adjacent to an activating group) is 1. The molecule has 0 amide bonds. The number of hydrogen-bond donors (Lipinski definition) is 0. The van der Waals surface area contributed by atoms with E-state index >= 15 is 0 Å². The van der Waals surface area contributed by atoms with Gasteiger partial charge in [0.25, 0.3) is 0 Å². The molecule has 128 valence electrons. The Morgan fingerprint density at radius 2 is 2.08 bits per heavy atom. The van der Waals surface area contributed by atoms with E-state index < -0.39 is 0 Å². The zero-order valence-electron chi connectivity index (χ0n) is 14.1. The Balaban J connectivity index is 1.85. The number of thioether (sulfide) groups is 1. The SMILES string of the molecule is CN(C)CCn1c2c(c(SCc3ccccc3F)nc1=O)CCC2. The molecule has 1 aliphatic carbocycles. The Morgan fingerprint density at radius 3 is 2.83 bits per heavy atom. The second-order valence-electron chi connectivity index (χ2n) is 6.31. The highest BCUT2D eigenvalue weighted by molar-refractivity contribution is 7.98. The Bertz CT molecular complexity index is 788. The number of aromatic nitrogens is 2. The summed E-state index contributed by atoms with van der Waals surface area (Å²) >= 11 is 1.47. The van der Waals surface area contributed by atoms with E-state index in [9.17, 15) is 9.18 Å². The van der Waals surface area contributed by atoms with Crippen LogP contribution in [0.15, 0.2) is 34.1 Å². The average molecular weight is 347 g/mol. The Hall–Kier alpha value is -1.66. The minimum absolute atomic E-state index is 0.187. The molecule has 0 radical (unpaired) electrons. The van der Waals surface area contributed by atoms with E-state index in [0.717, 1.165) is 36.5 Å². The first-order chi connectivity index (χ1) is 11.6. The minimum Gasteiger partial charge on any atom is -0.308 e. The second kappa shape index (κ2) is 7.49. The maximum absolute atomic E-state index is 13.8. The van der Waals surface area contributed by atoms with Crippen LogP contribution in [0.25, 0.3) is 0 Å². The standard InChI is InChI=1S/C18H22FN3OS/c1-21(2)10-11-22-16-9-5-7-14(16)17(20-18(22)23)24-12-13-6-3-4-8-15(13)19/h3-4,6,8H,5,7,9-12H2,1-2H3. The zero-order valence-corrected chi connectivity index (χ0v) is 14.9. The lowest BCUT2D eigenvalue weighted by Gasteiger charge is -2.16.